The van der Waals surface area contributed by atoms with Gasteiger partial charge in [0, 0.05) is 12.0 Å². The Balaban J connectivity index is 3.10. The van der Waals surface area contributed by atoms with Crippen molar-refractivity contribution in [2.24, 2.45) is 0 Å². The number of methoxy groups -OCH3 is 1. The van der Waals surface area contributed by atoms with Crippen molar-refractivity contribution in [1.82, 2.24) is 9.78 Å². The number of carbonyl (C=O) groups is 1. The number of aliphatic carboxylic acids is 1. The van der Waals surface area contributed by atoms with Crippen molar-refractivity contribution in [1.29, 1.82) is 0 Å². The van der Waals surface area contributed by atoms with Crippen LogP contribution in [0.25, 0.3) is 0 Å². The number of rotatable bonds is 6. The second kappa shape index (κ2) is 5.70. The van der Waals surface area contributed by atoms with E-state index in [0.717, 1.165) is 17.7 Å². The summed E-state index contributed by atoms with van der Waals surface area (Å²) >= 11 is 0. The molecule has 1 aromatic rings. The molecule has 5 heteroatoms. The number of hydrogen-bond acceptors (Lipinski definition) is 3. The Kier molecular flexibility index (Phi) is 4.54. The summed E-state index contributed by atoms with van der Waals surface area (Å²) in [6.07, 6.45) is 1.35. The lowest BCUT2D eigenvalue weighted by Crippen LogP contribution is -2.06. The van der Waals surface area contributed by atoms with Crippen molar-refractivity contribution < 1.29 is 14.6 Å². The fraction of sp³-hybridized carbons (Fsp3) is 0.667. The SMILES string of the molecule is CCc1nn(C(C)C)c(OC)c1CCC(=O)O. The molecule has 1 rings (SSSR count). The van der Waals surface area contributed by atoms with Gasteiger partial charge in [-0.2, -0.15) is 5.10 Å². The monoisotopic (exact) mass is 240 g/mol. The average molecular weight is 240 g/mol. The van der Waals surface area contributed by atoms with Crippen molar-refractivity contribution in [2.75, 3.05) is 7.11 Å². The second-order valence-electron chi connectivity index (χ2n) is 4.22. The van der Waals surface area contributed by atoms with E-state index in [1.54, 1.807) is 7.11 Å². The maximum absolute atomic E-state index is 10.6. The van der Waals surface area contributed by atoms with Crippen molar-refractivity contribution in [3.05, 3.63) is 11.3 Å². The Morgan fingerprint density at radius 3 is 2.59 bits per heavy atom. The van der Waals surface area contributed by atoms with E-state index in [-0.39, 0.29) is 12.5 Å². The molecule has 0 bridgehead atoms. The van der Waals surface area contributed by atoms with Crippen LogP contribution in [0.1, 0.15) is 44.5 Å². The number of carboxylic acid groups (broad SMARTS) is 1. The summed E-state index contributed by atoms with van der Waals surface area (Å²) in [6, 6.07) is 0.203. The summed E-state index contributed by atoms with van der Waals surface area (Å²) in [5.41, 5.74) is 1.85. The normalized spacial score (nSPS) is 10.9. The van der Waals surface area contributed by atoms with Crippen molar-refractivity contribution in [3.63, 3.8) is 0 Å². The van der Waals surface area contributed by atoms with E-state index < -0.39 is 5.97 Å². The summed E-state index contributed by atoms with van der Waals surface area (Å²) in [5, 5.41) is 13.2. The quantitative estimate of drug-likeness (QED) is 0.826. The summed E-state index contributed by atoms with van der Waals surface area (Å²) in [4.78, 5) is 10.6. The molecule has 5 nitrogen and oxygen atoms in total. The number of aromatic nitrogens is 2. The third-order valence-electron chi connectivity index (χ3n) is 2.65. The zero-order valence-electron chi connectivity index (χ0n) is 10.9. The van der Waals surface area contributed by atoms with E-state index >= 15 is 0 Å². The van der Waals surface area contributed by atoms with Gasteiger partial charge in [0.15, 0.2) is 0 Å². The zero-order chi connectivity index (χ0) is 13.0. The van der Waals surface area contributed by atoms with Crippen LogP contribution in [0.4, 0.5) is 0 Å². The molecule has 1 heterocycles. The van der Waals surface area contributed by atoms with Gasteiger partial charge in [-0.25, -0.2) is 4.68 Å². The molecule has 0 aromatic carbocycles. The molecule has 0 spiro atoms. The molecule has 17 heavy (non-hydrogen) atoms. The highest BCUT2D eigenvalue weighted by molar-refractivity contribution is 5.67. The van der Waals surface area contributed by atoms with Crippen molar-refractivity contribution in [2.45, 2.75) is 46.1 Å². The topological polar surface area (TPSA) is 64.4 Å². The standard InChI is InChI=1S/C12H20N2O3/c1-5-10-9(6-7-11(15)16)12(17-4)14(13-10)8(2)3/h8H,5-7H2,1-4H3,(H,15,16). The number of ether oxygens (including phenoxy) is 1. The van der Waals surface area contributed by atoms with Gasteiger partial charge in [-0.1, -0.05) is 6.92 Å². The summed E-state index contributed by atoms with van der Waals surface area (Å²) < 4.78 is 7.18. The fourth-order valence-corrected chi connectivity index (χ4v) is 1.83. The number of hydrogen-bond donors (Lipinski definition) is 1. The van der Waals surface area contributed by atoms with Gasteiger partial charge in [0.2, 0.25) is 5.88 Å². The predicted octanol–water partition coefficient (Wildman–Crippen LogP) is 2.05. The summed E-state index contributed by atoms with van der Waals surface area (Å²) in [7, 11) is 1.60. The zero-order valence-corrected chi connectivity index (χ0v) is 10.9. The first kappa shape index (κ1) is 13.5. The lowest BCUT2D eigenvalue weighted by molar-refractivity contribution is -0.136. The Hall–Kier alpha value is -1.52. The van der Waals surface area contributed by atoms with Crippen molar-refractivity contribution >= 4 is 5.97 Å². The van der Waals surface area contributed by atoms with Crippen LogP contribution in [-0.2, 0) is 17.6 Å². The highest BCUT2D eigenvalue weighted by atomic mass is 16.5. The maximum Gasteiger partial charge on any atom is 0.303 e. The largest absolute Gasteiger partial charge is 0.481 e. The molecule has 0 aliphatic carbocycles. The van der Waals surface area contributed by atoms with Gasteiger partial charge >= 0.3 is 5.97 Å². The molecular formula is C12H20N2O3. The molecular weight excluding hydrogens is 220 g/mol. The lowest BCUT2D eigenvalue weighted by Gasteiger charge is -2.10. The van der Waals surface area contributed by atoms with E-state index in [1.807, 2.05) is 25.5 Å². The molecule has 0 amide bonds. The van der Waals surface area contributed by atoms with E-state index in [2.05, 4.69) is 5.10 Å². The second-order valence-corrected chi connectivity index (χ2v) is 4.22. The third kappa shape index (κ3) is 2.99. The predicted molar refractivity (Wildman–Crippen MR) is 64.5 cm³/mol. The van der Waals surface area contributed by atoms with Crippen LogP contribution in [-0.4, -0.2) is 28.0 Å². The minimum atomic E-state index is -0.800. The van der Waals surface area contributed by atoms with E-state index in [9.17, 15) is 4.79 Å². The van der Waals surface area contributed by atoms with Crippen LogP contribution in [0, 0.1) is 0 Å². The number of aryl methyl sites for hydroxylation is 1. The van der Waals surface area contributed by atoms with Crippen LogP contribution in [0.15, 0.2) is 0 Å². The number of carboxylic acids is 1. The molecule has 96 valence electrons. The summed E-state index contributed by atoms with van der Waals surface area (Å²) in [6.45, 7) is 6.06. The molecule has 0 aliphatic rings. The van der Waals surface area contributed by atoms with E-state index in [0.29, 0.717) is 12.3 Å². The maximum atomic E-state index is 10.6. The van der Waals surface area contributed by atoms with Gasteiger partial charge in [-0.3, -0.25) is 4.79 Å². The third-order valence-corrected chi connectivity index (χ3v) is 2.65. The van der Waals surface area contributed by atoms with Crippen molar-refractivity contribution in [3.8, 4) is 5.88 Å². The van der Waals surface area contributed by atoms with Crippen LogP contribution >= 0.6 is 0 Å². The Bertz CT molecular complexity index is 397. The van der Waals surface area contributed by atoms with Gasteiger partial charge in [0.25, 0.3) is 0 Å². The van der Waals surface area contributed by atoms with Crippen LogP contribution in [0.2, 0.25) is 0 Å². The van der Waals surface area contributed by atoms with E-state index in [4.69, 9.17) is 9.84 Å². The Morgan fingerprint density at radius 2 is 2.18 bits per heavy atom. The van der Waals surface area contributed by atoms with Gasteiger partial charge in [0.1, 0.15) is 0 Å². The molecule has 0 saturated heterocycles. The van der Waals surface area contributed by atoms with Gasteiger partial charge in [-0.05, 0) is 26.7 Å². The highest BCUT2D eigenvalue weighted by Gasteiger charge is 2.19. The first-order chi connectivity index (χ1) is 8.01. The molecule has 0 saturated carbocycles. The van der Waals surface area contributed by atoms with E-state index in [1.165, 1.54) is 0 Å². The summed E-state index contributed by atoms with van der Waals surface area (Å²) in [5.74, 6) is -0.107. The first-order valence-electron chi connectivity index (χ1n) is 5.87. The Labute approximate surface area is 101 Å². The fourth-order valence-electron chi connectivity index (χ4n) is 1.83. The van der Waals surface area contributed by atoms with Crippen LogP contribution < -0.4 is 4.74 Å². The lowest BCUT2D eigenvalue weighted by atomic mass is 10.1. The van der Waals surface area contributed by atoms with Gasteiger partial charge < -0.3 is 9.84 Å². The van der Waals surface area contributed by atoms with Crippen LogP contribution in [0.3, 0.4) is 0 Å². The van der Waals surface area contributed by atoms with Crippen LogP contribution in [0.5, 0.6) is 5.88 Å². The molecule has 1 aromatic heterocycles. The van der Waals surface area contributed by atoms with Gasteiger partial charge in [-0.15, -0.1) is 0 Å². The molecule has 0 unspecified atom stereocenters. The minimum absolute atomic E-state index is 0.104. The Morgan fingerprint density at radius 1 is 1.53 bits per heavy atom. The molecule has 0 fully saturated rings. The molecule has 0 aliphatic heterocycles. The average Bonchev–Trinajstić information content (AvgIpc) is 2.63. The first-order valence-corrected chi connectivity index (χ1v) is 5.87. The molecule has 0 radical (unpaired) electrons. The molecule has 0 atom stereocenters. The number of nitrogens with zero attached hydrogens (tertiary/aromatic N) is 2. The smallest absolute Gasteiger partial charge is 0.303 e. The van der Waals surface area contributed by atoms with Gasteiger partial charge in [0.05, 0.1) is 18.8 Å². The molecule has 1 N–H and O–H groups in total. The highest BCUT2D eigenvalue weighted by Crippen LogP contribution is 2.27. The minimum Gasteiger partial charge on any atom is -0.481 e.